The molecule has 0 fully saturated rings. The molecule has 1 atom stereocenters. The number of benzene rings is 2. The summed E-state index contributed by atoms with van der Waals surface area (Å²) in [5, 5.41) is 11.8. The highest BCUT2D eigenvalue weighted by molar-refractivity contribution is 7.20. The van der Waals surface area contributed by atoms with Crippen LogP contribution in [0.25, 0.3) is 11.1 Å². The van der Waals surface area contributed by atoms with Gasteiger partial charge >= 0.3 is 12.1 Å². The summed E-state index contributed by atoms with van der Waals surface area (Å²) >= 11 is 13.2. The van der Waals surface area contributed by atoms with Gasteiger partial charge in [-0.1, -0.05) is 71.7 Å². The average Bonchev–Trinajstić information content (AvgIpc) is 3.22. The van der Waals surface area contributed by atoms with Crippen molar-refractivity contribution in [1.29, 1.82) is 0 Å². The van der Waals surface area contributed by atoms with Crippen molar-refractivity contribution in [1.82, 2.24) is 5.32 Å². The lowest BCUT2D eigenvalue weighted by Crippen LogP contribution is -2.31. The fraction of sp³-hybridized carbons (Fsp3) is 0.182. The molecule has 0 radical (unpaired) electrons. The van der Waals surface area contributed by atoms with E-state index in [4.69, 9.17) is 27.9 Å². The molecule has 1 unspecified atom stereocenters. The topological polar surface area (TPSA) is 75.6 Å². The molecule has 4 rings (SSSR count). The Morgan fingerprint density at radius 3 is 2.20 bits per heavy atom. The fourth-order valence-electron chi connectivity index (χ4n) is 3.79. The smallest absolute Gasteiger partial charge is 0.407 e. The Balaban J connectivity index is 1.49. The highest BCUT2D eigenvalue weighted by Gasteiger charge is 2.30. The number of nitrogens with one attached hydrogen (secondary N) is 1. The van der Waals surface area contributed by atoms with Gasteiger partial charge in [-0.2, -0.15) is 0 Å². The van der Waals surface area contributed by atoms with Crippen LogP contribution in [-0.2, 0) is 9.53 Å². The van der Waals surface area contributed by atoms with Gasteiger partial charge in [0.25, 0.3) is 0 Å². The van der Waals surface area contributed by atoms with Crippen LogP contribution in [0.3, 0.4) is 0 Å². The number of alkyl carbamates (subject to hydrolysis) is 1. The molecule has 0 saturated carbocycles. The van der Waals surface area contributed by atoms with Crippen LogP contribution in [-0.4, -0.2) is 23.8 Å². The van der Waals surface area contributed by atoms with Crippen molar-refractivity contribution in [3.05, 3.63) is 80.0 Å². The summed E-state index contributed by atoms with van der Waals surface area (Å²) < 4.78 is 6.26. The highest BCUT2D eigenvalue weighted by atomic mass is 35.5. The van der Waals surface area contributed by atoms with E-state index in [1.54, 1.807) is 6.07 Å². The molecule has 3 aromatic rings. The van der Waals surface area contributed by atoms with E-state index in [2.05, 4.69) is 17.4 Å². The average molecular weight is 462 g/mol. The number of halogens is 2. The van der Waals surface area contributed by atoms with Crippen molar-refractivity contribution in [3.8, 4) is 11.1 Å². The number of carboxylic acid groups (broad SMARTS) is 1. The molecule has 2 aromatic carbocycles. The summed E-state index contributed by atoms with van der Waals surface area (Å²) in [6, 6.07) is 16.8. The molecule has 0 saturated heterocycles. The third-order valence-electron chi connectivity index (χ3n) is 5.07. The Bertz CT molecular complexity index is 1070. The third-order valence-corrected chi connectivity index (χ3v) is 6.59. The van der Waals surface area contributed by atoms with E-state index < -0.39 is 18.1 Å². The van der Waals surface area contributed by atoms with E-state index in [-0.39, 0.29) is 18.9 Å². The van der Waals surface area contributed by atoms with Gasteiger partial charge in [-0.05, 0) is 28.3 Å². The molecule has 2 N–H and O–H groups in total. The summed E-state index contributed by atoms with van der Waals surface area (Å²) in [4.78, 5) is 23.8. The number of rotatable bonds is 6. The Hall–Kier alpha value is -2.54. The van der Waals surface area contributed by atoms with Gasteiger partial charge in [0.15, 0.2) is 0 Å². The molecule has 8 heteroatoms. The molecule has 1 aromatic heterocycles. The van der Waals surface area contributed by atoms with Gasteiger partial charge in [0.1, 0.15) is 6.61 Å². The van der Waals surface area contributed by atoms with E-state index in [0.29, 0.717) is 14.2 Å². The monoisotopic (exact) mass is 461 g/mol. The van der Waals surface area contributed by atoms with E-state index in [0.717, 1.165) is 33.6 Å². The number of hydrogen-bond acceptors (Lipinski definition) is 4. The van der Waals surface area contributed by atoms with E-state index in [1.165, 1.54) is 0 Å². The Morgan fingerprint density at radius 2 is 1.67 bits per heavy atom. The number of carboxylic acids is 1. The number of thiophene rings is 1. The predicted molar refractivity (Wildman–Crippen MR) is 118 cm³/mol. The van der Waals surface area contributed by atoms with Crippen molar-refractivity contribution < 1.29 is 19.4 Å². The van der Waals surface area contributed by atoms with Crippen molar-refractivity contribution in [3.63, 3.8) is 0 Å². The maximum Gasteiger partial charge on any atom is 0.407 e. The van der Waals surface area contributed by atoms with Gasteiger partial charge in [-0.15, -0.1) is 11.3 Å². The van der Waals surface area contributed by atoms with Crippen molar-refractivity contribution in [2.75, 3.05) is 6.61 Å². The minimum atomic E-state index is -1.07. The first-order valence-electron chi connectivity index (χ1n) is 9.22. The quantitative estimate of drug-likeness (QED) is 0.464. The SMILES string of the molecule is O=C(O)CC(NC(=O)OCC1c2ccccc2-c2ccccc21)c1cc(Cl)sc1Cl. The molecule has 1 aliphatic carbocycles. The number of fused-ring (bicyclic) bond motifs is 3. The van der Waals surface area contributed by atoms with Gasteiger partial charge in [-0.3, -0.25) is 4.79 Å². The minimum absolute atomic E-state index is 0.0831. The first-order chi connectivity index (χ1) is 14.4. The molecule has 0 bridgehead atoms. The molecule has 30 heavy (non-hydrogen) atoms. The number of carbonyl (C=O) groups excluding carboxylic acids is 1. The molecular weight excluding hydrogens is 445 g/mol. The van der Waals surface area contributed by atoms with Crippen LogP contribution < -0.4 is 5.32 Å². The lowest BCUT2D eigenvalue weighted by Gasteiger charge is -2.18. The zero-order valence-electron chi connectivity index (χ0n) is 15.6. The fourth-order valence-corrected chi connectivity index (χ4v) is 5.37. The number of ether oxygens (including phenoxy) is 1. The van der Waals surface area contributed by atoms with Crippen molar-refractivity contribution in [2.45, 2.75) is 18.4 Å². The third kappa shape index (κ3) is 4.17. The molecule has 5 nitrogen and oxygen atoms in total. The second-order valence-corrected chi connectivity index (χ2v) is 9.19. The summed E-state index contributed by atoms with van der Waals surface area (Å²) in [5.41, 5.74) is 4.92. The van der Waals surface area contributed by atoms with Gasteiger partial charge in [0.2, 0.25) is 0 Å². The van der Waals surface area contributed by atoms with Crippen LogP contribution in [0.4, 0.5) is 4.79 Å². The molecule has 1 amide bonds. The van der Waals surface area contributed by atoms with E-state index in [1.807, 2.05) is 36.4 Å². The highest BCUT2D eigenvalue weighted by Crippen LogP contribution is 2.44. The zero-order chi connectivity index (χ0) is 21.3. The normalized spacial score (nSPS) is 13.4. The van der Waals surface area contributed by atoms with Crippen LogP contribution in [0, 0.1) is 0 Å². The van der Waals surface area contributed by atoms with E-state index >= 15 is 0 Å². The maximum atomic E-state index is 12.5. The standard InChI is InChI=1S/C22H17Cl2NO4S/c23-19-9-16(21(24)30-19)18(10-20(26)27)25-22(28)29-11-17-14-7-3-1-5-12(14)13-6-2-4-8-15(13)17/h1-9,17-18H,10-11H2,(H,25,28)(H,26,27). The zero-order valence-corrected chi connectivity index (χ0v) is 17.9. The first kappa shape index (κ1) is 20.7. The lowest BCUT2D eigenvalue weighted by atomic mass is 9.98. The summed E-state index contributed by atoms with van der Waals surface area (Å²) in [6.07, 6.45) is -1.04. The largest absolute Gasteiger partial charge is 0.481 e. The number of amides is 1. The van der Waals surface area contributed by atoms with Crippen LogP contribution in [0.2, 0.25) is 8.67 Å². The van der Waals surface area contributed by atoms with E-state index in [9.17, 15) is 14.7 Å². The second kappa shape index (κ2) is 8.68. The Kier molecular flexibility index (Phi) is 5.99. The minimum Gasteiger partial charge on any atom is -0.481 e. The molecule has 154 valence electrons. The Morgan fingerprint density at radius 1 is 1.07 bits per heavy atom. The molecule has 1 heterocycles. The Labute approximate surface area is 187 Å². The summed E-state index contributed by atoms with van der Waals surface area (Å²) in [7, 11) is 0. The van der Waals surface area contributed by atoms with Crippen LogP contribution in [0.5, 0.6) is 0 Å². The van der Waals surface area contributed by atoms with Crippen LogP contribution in [0.1, 0.15) is 35.1 Å². The number of aliphatic carboxylic acids is 1. The second-order valence-electron chi connectivity index (χ2n) is 6.90. The number of hydrogen-bond donors (Lipinski definition) is 2. The molecule has 0 aliphatic heterocycles. The van der Waals surface area contributed by atoms with Crippen molar-refractivity contribution in [2.24, 2.45) is 0 Å². The van der Waals surface area contributed by atoms with Gasteiger partial charge in [0, 0.05) is 11.5 Å². The summed E-state index contributed by atoms with van der Waals surface area (Å²) in [5.74, 6) is -1.16. The maximum absolute atomic E-state index is 12.5. The van der Waals surface area contributed by atoms with Gasteiger partial charge in [0.05, 0.1) is 21.1 Å². The van der Waals surface area contributed by atoms with Gasteiger partial charge in [-0.25, -0.2) is 4.79 Å². The lowest BCUT2D eigenvalue weighted by molar-refractivity contribution is -0.137. The molecular formula is C22H17Cl2NO4S. The first-order valence-corrected chi connectivity index (χ1v) is 10.8. The van der Waals surface area contributed by atoms with Gasteiger partial charge < -0.3 is 15.2 Å². The summed E-state index contributed by atoms with van der Waals surface area (Å²) in [6.45, 7) is 0.137. The predicted octanol–water partition coefficient (Wildman–Crippen LogP) is 6.11. The van der Waals surface area contributed by atoms with Crippen LogP contribution >= 0.6 is 34.5 Å². The van der Waals surface area contributed by atoms with Crippen molar-refractivity contribution >= 4 is 46.6 Å². The molecule has 0 spiro atoms. The molecule has 1 aliphatic rings. The van der Waals surface area contributed by atoms with Crippen LogP contribution in [0.15, 0.2) is 54.6 Å². The number of carbonyl (C=O) groups is 2.